The van der Waals surface area contributed by atoms with Crippen LogP contribution in [0.3, 0.4) is 0 Å². The summed E-state index contributed by atoms with van der Waals surface area (Å²) < 4.78 is 8.99. The van der Waals surface area contributed by atoms with Crippen LogP contribution in [0.1, 0.15) is 91.8 Å². The maximum atomic E-state index is 6.72. The smallest absolute Gasteiger partial charge is 0.137 e. The van der Waals surface area contributed by atoms with Crippen molar-refractivity contribution in [3.63, 3.8) is 0 Å². The first-order valence-corrected chi connectivity index (χ1v) is 19.9. The normalized spacial score (nSPS) is 13.5. The molecule has 0 N–H and O–H groups in total. The van der Waals surface area contributed by atoms with E-state index in [1.807, 2.05) is 6.20 Å². The highest BCUT2D eigenvalue weighted by Gasteiger charge is 2.32. The van der Waals surface area contributed by atoms with E-state index in [0.717, 1.165) is 46.9 Å². The van der Waals surface area contributed by atoms with Crippen molar-refractivity contribution in [1.29, 1.82) is 0 Å². The molecule has 5 aromatic carbocycles. The molecular weight excluding hydrogens is 673 g/mol. The maximum Gasteiger partial charge on any atom is 0.137 e. The third kappa shape index (κ3) is 6.64. The van der Waals surface area contributed by atoms with Crippen molar-refractivity contribution in [1.82, 2.24) is 9.55 Å². The molecule has 0 saturated carbocycles. The van der Waals surface area contributed by atoms with Gasteiger partial charge in [-0.05, 0) is 113 Å². The summed E-state index contributed by atoms with van der Waals surface area (Å²) in [5.41, 5.74) is 11.1. The van der Waals surface area contributed by atoms with E-state index < -0.39 is 0 Å². The number of rotatable bonds is 8. The summed E-state index contributed by atoms with van der Waals surface area (Å²) in [6.07, 6.45) is 4.11. The molecule has 5 heteroatoms. The fourth-order valence-electron chi connectivity index (χ4n) is 8.00. The highest BCUT2D eigenvalue weighted by Crippen LogP contribution is 2.48. The Labute approximate surface area is 327 Å². The maximum absolute atomic E-state index is 6.72. The Hall–Kier alpha value is -5.55. The lowest BCUT2D eigenvalue weighted by molar-refractivity contribution is 0.439. The molecule has 280 valence electrons. The molecule has 0 aliphatic carbocycles. The Kier molecular flexibility index (Phi) is 9.03. The lowest BCUT2D eigenvalue weighted by Gasteiger charge is -2.29. The van der Waals surface area contributed by atoms with Gasteiger partial charge in [-0.15, -0.1) is 0 Å². The standard InChI is InChI=1S/C50H54N4O/c1-10-50(9,11-2)36-22-25-44-46(29-36)53(37-17-14-16-34(28-37)48(3,4)5)33-52(44)38-18-15-19-39(31-38)55-40-23-24-42-41-20-12-13-21-43(41)54(45(42)32-40)47-30-35(26-27-51-47)49(6,7)8/h12-32H,10-11,33H2,1-9H3. The second-order valence-corrected chi connectivity index (χ2v) is 17.6. The van der Waals surface area contributed by atoms with Crippen LogP contribution in [0.15, 0.2) is 128 Å². The quantitative estimate of drug-likeness (QED) is 0.156. The van der Waals surface area contributed by atoms with Crippen LogP contribution in [-0.4, -0.2) is 16.2 Å². The van der Waals surface area contributed by atoms with Crippen molar-refractivity contribution in [2.24, 2.45) is 0 Å². The van der Waals surface area contributed by atoms with Gasteiger partial charge in [0.05, 0.1) is 22.4 Å². The van der Waals surface area contributed by atoms with Crippen LogP contribution >= 0.6 is 0 Å². The van der Waals surface area contributed by atoms with E-state index in [1.165, 1.54) is 44.5 Å². The van der Waals surface area contributed by atoms with Crippen molar-refractivity contribution in [2.75, 3.05) is 16.5 Å². The SMILES string of the molecule is CCC(C)(CC)c1ccc2c(c1)N(c1cccc(C(C)(C)C)c1)CN2c1cccc(Oc2ccc3c4ccccc4n(-c4cc(C(C)(C)C)ccn4)c3c2)c1. The van der Waals surface area contributed by atoms with Gasteiger partial charge in [0.15, 0.2) is 0 Å². The second-order valence-electron chi connectivity index (χ2n) is 17.6. The fourth-order valence-corrected chi connectivity index (χ4v) is 8.00. The molecule has 5 nitrogen and oxygen atoms in total. The Bertz CT molecular complexity index is 2530. The second kappa shape index (κ2) is 13.6. The Morgan fingerprint density at radius 1 is 0.545 bits per heavy atom. The number of benzene rings is 5. The van der Waals surface area contributed by atoms with Gasteiger partial charge in [0.25, 0.3) is 0 Å². The lowest BCUT2D eigenvalue weighted by Crippen LogP contribution is -2.24. The van der Waals surface area contributed by atoms with Crippen LogP contribution in [0.2, 0.25) is 0 Å². The molecule has 2 aromatic heterocycles. The van der Waals surface area contributed by atoms with Gasteiger partial charge in [-0.2, -0.15) is 0 Å². The average molecular weight is 727 g/mol. The minimum absolute atomic E-state index is 0.00692. The zero-order valence-electron chi connectivity index (χ0n) is 33.9. The number of hydrogen-bond acceptors (Lipinski definition) is 4. The fraction of sp³-hybridized carbons (Fsp3) is 0.300. The van der Waals surface area contributed by atoms with Crippen LogP contribution in [-0.2, 0) is 16.2 Å². The molecular formula is C50H54N4O. The van der Waals surface area contributed by atoms with Gasteiger partial charge in [0.1, 0.15) is 24.0 Å². The molecule has 7 aromatic rings. The predicted octanol–water partition coefficient (Wildman–Crippen LogP) is 13.9. The van der Waals surface area contributed by atoms with E-state index in [9.17, 15) is 0 Å². The molecule has 1 aliphatic heterocycles. The third-order valence-electron chi connectivity index (χ3n) is 12.0. The van der Waals surface area contributed by atoms with E-state index in [1.54, 1.807) is 0 Å². The molecule has 55 heavy (non-hydrogen) atoms. The highest BCUT2D eigenvalue weighted by molar-refractivity contribution is 6.09. The molecule has 0 radical (unpaired) electrons. The minimum Gasteiger partial charge on any atom is -0.457 e. The molecule has 3 heterocycles. The molecule has 0 bridgehead atoms. The molecule has 0 amide bonds. The summed E-state index contributed by atoms with van der Waals surface area (Å²) in [6, 6.07) is 44.0. The van der Waals surface area contributed by atoms with Crippen molar-refractivity contribution < 1.29 is 4.74 Å². The molecule has 1 aliphatic rings. The number of anilines is 4. The number of ether oxygens (including phenoxy) is 1. The first kappa shape index (κ1) is 36.4. The number of aromatic nitrogens is 2. The molecule has 0 saturated heterocycles. The largest absolute Gasteiger partial charge is 0.457 e. The van der Waals surface area contributed by atoms with Gasteiger partial charge in [0.2, 0.25) is 0 Å². The molecule has 0 atom stereocenters. The number of hydrogen-bond donors (Lipinski definition) is 0. The number of fused-ring (bicyclic) bond motifs is 4. The van der Waals surface area contributed by atoms with E-state index in [0.29, 0.717) is 6.67 Å². The van der Waals surface area contributed by atoms with Crippen LogP contribution in [0.25, 0.3) is 27.6 Å². The molecule has 0 unspecified atom stereocenters. The molecule has 0 fully saturated rings. The van der Waals surface area contributed by atoms with Gasteiger partial charge >= 0.3 is 0 Å². The van der Waals surface area contributed by atoms with Gasteiger partial charge in [-0.1, -0.05) is 105 Å². The highest BCUT2D eigenvalue weighted by atomic mass is 16.5. The predicted molar refractivity (Wildman–Crippen MR) is 232 cm³/mol. The zero-order valence-corrected chi connectivity index (χ0v) is 33.9. The van der Waals surface area contributed by atoms with Crippen LogP contribution in [0.5, 0.6) is 11.5 Å². The van der Waals surface area contributed by atoms with Crippen LogP contribution < -0.4 is 14.5 Å². The summed E-state index contributed by atoms with van der Waals surface area (Å²) in [5.74, 6) is 2.49. The first-order valence-electron chi connectivity index (χ1n) is 19.9. The van der Waals surface area contributed by atoms with E-state index >= 15 is 0 Å². The van der Waals surface area contributed by atoms with Crippen molar-refractivity contribution in [3.05, 3.63) is 144 Å². The van der Waals surface area contributed by atoms with Gasteiger partial charge in [-0.25, -0.2) is 4.98 Å². The zero-order chi connectivity index (χ0) is 38.7. The Morgan fingerprint density at radius 2 is 1.20 bits per heavy atom. The first-order chi connectivity index (χ1) is 26.3. The lowest BCUT2D eigenvalue weighted by atomic mass is 9.77. The number of para-hydroxylation sites is 1. The molecule has 0 spiro atoms. The van der Waals surface area contributed by atoms with Gasteiger partial charge < -0.3 is 14.5 Å². The van der Waals surface area contributed by atoms with Crippen molar-refractivity contribution in [2.45, 2.75) is 91.4 Å². The monoisotopic (exact) mass is 726 g/mol. The summed E-state index contributed by atoms with van der Waals surface area (Å²) in [4.78, 5) is 9.76. The van der Waals surface area contributed by atoms with E-state index in [-0.39, 0.29) is 16.2 Å². The third-order valence-corrected chi connectivity index (χ3v) is 12.0. The Morgan fingerprint density at radius 3 is 1.95 bits per heavy atom. The average Bonchev–Trinajstić information content (AvgIpc) is 3.73. The summed E-state index contributed by atoms with van der Waals surface area (Å²) in [6.45, 7) is 21.3. The van der Waals surface area contributed by atoms with Gasteiger partial charge in [-0.3, -0.25) is 4.57 Å². The summed E-state index contributed by atoms with van der Waals surface area (Å²) >= 11 is 0. The number of nitrogens with zero attached hydrogens (tertiary/aromatic N) is 4. The van der Waals surface area contributed by atoms with Crippen LogP contribution in [0.4, 0.5) is 22.7 Å². The molecule has 8 rings (SSSR count). The van der Waals surface area contributed by atoms with Crippen molar-refractivity contribution in [3.8, 4) is 17.3 Å². The van der Waals surface area contributed by atoms with Crippen molar-refractivity contribution >= 4 is 44.6 Å². The van der Waals surface area contributed by atoms with E-state index in [2.05, 4.69) is 198 Å². The Balaban J connectivity index is 1.18. The summed E-state index contributed by atoms with van der Waals surface area (Å²) in [5, 5.41) is 2.37. The number of pyridine rings is 1. The topological polar surface area (TPSA) is 33.5 Å². The summed E-state index contributed by atoms with van der Waals surface area (Å²) in [7, 11) is 0. The van der Waals surface area contributed by atoms with Gasteiger partial charge in [0, 0.05) is 40.5 Å². The van der Waals surface area contributed by atoms with Crippen LogP contribution in [0, 0.1) is 0 Å². The van der Waals surface area contributed by atoms with E-state index in [4.69, 9.17) is 9.72 Å². The minimum atomic E-state index is 0.00692.